The second kappa shape index (κ2) is 6.22. The molecule has 1 unspecified atom stereocenters. The number of aromatic nitrogens is 1. The fourth-order valence-electron chi connectivity index (χ4n) is 2.35. The third kappa shape index (κ3) is 4.17. The van der Waals surface area contributed by atoms with Crippen LogP contribution in [0.15, 0.2) is 18.3 Å². The number of piperidine rings is 1. The first kappa shape index (κ1) is 12.7. The molecule has 0 aromatic carbocycles. The van der Waals surface area contributed by atoms with Crippen molar-refractivity contribution in [3.63, 3.8) is 0 Å². The summed E-state index contributed by atoms with van der Waals surface area (Å²) in [6, 6.07) is 4.26. The van der Waals surface area contributed by atoms with Gasteiger partial charge in [-0.25, -0.2) is 4.98 Å². The predicted octanol–water partition coefficient (Wildman–Crippen LogP) is 3.02. The SMILES string of the molecule is CC(CN1CCCCC1)Nc1ccnc(Cl)c1. The Labute approximate surface area is 108 Å². The highest BCUT2D eigenvalue weighted by molar-refractivity contribution is 6.29. The van der Waals surface area contributed by atoms with Gasteiger partial charge in [-0.2, -0.15) is 0 Å². The molecule has 94 valence electrons. The molecule has 1 atom stereocenters. The maximum absolute atomic E-state index is 5.86. The van der Waals surface area contributed by atoms with Crippen LogP contribution in [0.25, 0.3) is 0 Å². The van der Waals surface area contributed by atoms with Gasteiger partial charge in [-0.1, -0.05) is 18.0 Å². The van der Waals surface area contributed by atoms with E-state index in [0.29, 0.717) is 11.2 Å². The van der Waals surface area contributed by atoms with Crippen LogP contribution in [-0.4, -0.2) is 35.6 Å². The van der Waals surface area contributed by atoms with Crippen molar-refractivity contribution in [2.75, 3.05) is 25.0 Å². The maximum Gasteiger partial charge on any atom is 0.131 e. The van der Waals surface area contributed by atoms with E-state index in [9.17, 15) is 0 Å². The van der Waals surface area contributed by atoms with E-state index in [0.717, 1.165) is 12.2 Å². The number of hydrogen-bond donors (Lipinski definition) is 1. The molecule has 1 aromatic heterocycles. The quantitative estimate of drug-likeness (QED) is 0.836. The van der Waals surface area contributed by atoms with Gasteiger partial charge in [-0.05, 0) is 45.0 Å². The van der Waals surface area contributed by atoms with E-state index in [4.69, 9.17) is 11.6 Å². The minimum atomic E-state index is 0.437. The molecule has 1 N–H and O–H groups in total. The minimum Gasteiger partial charge on any atom is -0.381 e. The Bertz CT molecular complexity index is 350. The summed E-state index contributed by atoms with van der Waals surface area (Å²) < 4.78 is 0. The summed E-state index contributed by atoms with van der Waals surface area (Å²) in [5.74, 6) is 0. The first-order valence-electron chi connectivity index (χ1n) is 6.34. The van der Waals surface area contributed by atoms with Crippen molar-refractivity contribution >= 4 is 17.3 Å². The van der Waals surface area contributed by atoms with E-state index in [1.807, 2.05) is 12.1 Å². The highest BCUT2D eigenvalue weighted by Gasteiger charge is 2.13. The average molecular weight is 254 g/mol. The molecule has 0 aliphatic carbocycles. The zero-order chi connectivity index (χ0) is 12.1. The van der Waals surface area contributed by atoms with Crippen LogP contribution in [0.2, 0.25) is 5.15 Å². The molecule has 0 radical (unpaired) electrons. The second-order valence-electron chi connectivity index (χ2n) is 4.77. The zero-order valence-corrected chi connectivity index (χ0v) is 11.1. The highest BCUT2D eigenvalue weighted by Crippen LogP contribution is 2.14. The van der Waals surface area contributed by atoms with Gasteiger partial charge in [0.1, 0.15) is 5.15 Å². The van der Waals surface area contributed by atoms with Crippen molar-refractivity contribution in [1.29, 1.82) is 0 Å². The minimum absolute atomic E-state index is 0.437. The number of rotatable bonds is 4. The number of likely N-dealkylation sites (tertiary alicyclic amines) is 1. The topological polar surface area (TPSA) is 28.2 Å². The molecule has 0 saturated carbocycles. The van der Waals surface area contributed by atoms with Gasteiger partial charge in [0.05, 0.1) is 0 Å². The number of nitrogens with zero attached hydrogens (tertiary/aromatic N) is 2. The third-order valence-corrected chi connectivity index (χ3v) is 3.33. The Hall–Kier alpha value is -0.800. The second-order valence-corrected chi connectivity index (χ2v) is 5.16. The standard InChI is InChI=1S/C13H20ClN3/c1-11(10-17-7-3-2-4-8-17)16-12-5-6-15-13(14)9-12/h5-6,9,11H,2-4,7-8,10H2,1H3,(H,15,16). The van der Waals surface area contributed by atoms with Crippen molar-refractivity contribution in [2.45, 2.75) is 32.2 Å². The number of nitrogens with one attached hydrogen (secondary N) is 1. The Morgan fingerprint density at radius 2 is 2.18 bits per heavy atom. The molecule has 0 spiro atoms. The predicted molar refractivity (Wildman–Crippen MR) is 72.6 cm³/mol. The van der Waals surface area contributed by atoms with Gasteiger partial charge < -0.3 is 10.2 Å². The molecule has 1 aromatic rings. The Morgan fingerprint density at radius 3 is 2.88 bits per heavy atom. The largest absolute Gasteiger partial charge is 0.381 e. The molecule has 1 fully saturated rings. The van der Waals surface area contributed by atoms with Crippen LogP contribution in [0.3, 0.4) is 0 Å². The lowest BCUT2D eigenvalue weighted by Crippen LogP contribution is -2.38. The first-order valence-corrected chi connectivity index (χ1v) is 6.72. The molecule has 3 nitrogen and oxygen atoms in total. The highest BCUT2D eigenvalue weighted by atomic mass is 35.5. The molecule has 1 saturated heterocycles. The summed E-state index contributed by atoms with van der Waals surface area (Å²) in [6.45, 7) is 5.79. The lowest BCUT2D eigenvalue weighted by molar-refractivity contribution is 0.223. The molecule has 0 amide bonds. The molecule has 0 bridgehead atoms. The van der Waals surface area contributed by atoms with Gasteiger partial charge in [-0.3, -0.25) is 0 Å². The first-order chi connectivity index (χ1) is 8.24. The van der Waals surface area contributed by atoms with Gasteiger partial charge in [0.15, 0.2) is 0 Å². The average Bonchev–Trinajstić information content (AvgIpc) is 2.30. The van der Waals surface area contributed by atoms with Gasteiger partial charge in [-0.15, -0.1) is 0 Å². The van der Waals surface area contributed by atoms with E-state index in [-0.39, 0.29) is 0 Å². The number of pyridine rings is 1. The van der Waals surface area contributed by atoms with E-state index in [2.05, 4.69) is 22.1 Å². The Kier molecular flexibility index (Phi) is 4.63. The van der Waals surface area contributed by atoms with Gasteiger partial charge in [0.25, 0.3) is 0 Å². The van der Waals surface area contributed by atoms with Crippen molar-refractivity contribution in [1.82, 2.24) is 9.88 Å². The molecular weight excluding hydrogens is 234 g/mol. The van der Waals surface area contributed by atoms with Gasteiger partial charge in [0, 0.05) is 24.5 Å². The van der Waals surface area contributed by atoms with Crippen LogP contribution >= 0.6 is 11.6 Å². The Morgan fingerprint density at radius 1 is 1.41 bits per heavy atom. The summed E-state index contributed by atoms with van der Waals surface area (Å²) >= 11 is 5.86. The number of anilines is 1. The van der Waals surface area contributed by atoms with E-state index >= 15 is 0 Å². The molecule has 1 aliphatic rings. The molecule has 17 heavy (non-hydrogen) atoms. The molecular formula is C13H20ClN3. The maximum atomic E-state index is 5.86. The van der Waals surface area contributed by atoms with E-state index in [1.54, 1.807) is 6.20 Å². The summed E-state index contributed by atoms with van der Waals surface area (Å²) in [4.78, 5) is 6.51. The lowest BCUT2D eigenvalue weighted by atomic mass is 10.1. The number of halogens is 1. The van der Waals surface area contributed by atoms with Gasteiger partial charge >= 0.3 is 0 Å². The summed E-state index contributed by atoms with van der Waals surface area (Å²) in [5, 5.41) is 4.01. The normalized spacial score (nSPS) is 18.9. The van der Waals surface area contributed by atoms with Crippen LogP contribution in [0.1, 0.15) is 26.2 Å². The van der Waals surface area contributed by atoms with Crippen LogP contribution < -0.4 is 5.32 Å². The van der Waals surface area contributed by atoms with Crippen molar-refractivity contribution in [3.8, 4) is 0 Å². The van der Waals surface area contributed by atoms with Crippen LogP contribution in [0, 0.1) is 0 Å². The van der Waals surface area contributed by atoms with Crippen molar-refractivity contribution in [2.24, 2.45) is 0 Å². The molecule has 4 heteroatoms. The fourth-order valence-corrected chi connectivity index (χ4v) is 2.53. The smallest absolute Gasteiger partial charge is 0.131 e. The van der Waals surface area contributed by atoms with Crippen molar-refractivity contribution < 1.29 is 0 Å². The molecule has 1 aliphatic heterocycles. The monoisotopic (exact) mass is 253 g/mol. The zero-order valence-electron chi connectivity index (χ0n) is 10.3. The van der Waals surface area contributed by atoms with Crippen LogP contribution in [0.4, 0.5) is 5.69 Å². The number of hydrogen-bond acceptors (Lipinski definition) is 3. The van der Waals surface area contributed by atoms with E-state index in [1.165, 1.54) is 32.4 Å². The summed E-state index contributed by atoms with van der Waals surface area (Å²) in [6.07, 6.45) is 5.80. The molecule has 2 heterocycles. The van der Waals surface area contributed by atoms with Crippen LogP contribution in [-0.2, 0) is 0 Å². The fraction of sp³-hybridized carbons (Fsp3) is 0.615. The molecule has 2 rings (SSSR count). The Balaban J connectivity index is 1.82. The van der Waals surface area contributed by atoms with Crippen LogP contribution in [0.5, 0.6) is 0 Å². The summed E-state index contributed by atoms with van der Waals surface area (Å²) in [5.41, 5.74) is 1.05. The summed E-state index contributed by atoms with van der Waals surface area (Å²) in [7, 11) is 0. The third-order valence-electron chi connectivity index (χ3n) is 3.12. The van der Waals surface area contributed by atoms with E-state index < -0.39 is 0 Å². The van der Waals surface area contributed by atoms with Crippen molar-refractivity contribution in [3.05, 3.63) is 23.5 Å². The lowest BCUT2D eigenvalue weighted by Gasteiger charge is -2.29. The van der Waals surface area contributed by atoms with Gasteiger partial charge in [0.2, 0.25) is 0 Å².